The molecule has 0 saturated carbocycles. The second-order valence-electron chi connectivity index (χ2n) is 10.8. The van der Waals surface area contributed by atoms with Gasteiger partial charge in [0.25, 0.3) is 0 Å². The molecule has 0 aliphatic carbocycles. The van der Waals surface area contributed by atoms with Gasteiger partial charge in [0.05, 0.1) is 69.2 Å². The summed E-state index contributed by atoms with van der Waals surface area (Å²) in [4.78, 5) is 4.15. The highest BCUT2D eigenvalue weighted by molar-refractivity contribution is 6.17. The molecule has 0 fully saturated rings. The van der Waals surface area contributed by atoms with Gasteiger partial charge in [-0.2, -0.15) is 26.3 Å². The van der Waals surface area contributed by atoms with Crippen LogP contribution in [-0.4, -0.2) is 9.55 Å². The number of nitrogens with zero attached hydrogens (tertiary/aromatic N) is 7. The molecule has 0 amide bonds. The molecule has 2 aromatic heterocycles. The number of nitriles is 5. The Morgan fingerprint density at radius 3 is 1.47 bits per heavy atom. The van der Waals surface area contributed by atoms with Gasteiger partial charge < -0.3 is 4.57 Å². The first-order valence-corrected chi connectivity index (χ1v) is 14.5. The molecule has 214 valence electrons. The van der Waals surface area contributed by atoms with Crippen molar-refractivity contribution in [3.05, 3.63) is 143 Å². The first-order valence-electron chi connectivity index (χ1n) is 14.5. The summed E-state index contributed by atoms with van der Waals surface area (Å²) in [6, 6.07) is 42.4. The second-order valence-corrected chi connectivity index (χ2v) is 10.8. The minimum Gasteiger partial charge on any atom is -0.308 e. The first kappa shape index (κ1) is 28.3. The molecule has 0 saturated heterocycles. The summed E-state index contributed by atoms with van der Waals surface area (Å²) in [6.45, 7) is 0. The largest absolute Gasteiger partial charge is 0.308 e. The van der Waals surface area contributed by atoms with Gasteiger partial charge in [0.15, 0.2) is 0 Å². The van der Waals surface area contributed by atoms with E-state index in [0.29, 0.717) is 44.6 Å². The van der Waals surface area contributed by atoms with Crippen molar-refractivity contribution in [3.63, 3.8) is 0 Å². The monoisotopic (exact) mass is 597 g/mol. The predicted molar refractivity (Wildman–Crippen MR) is 178 cm³/mol. The molecule has 5 aromatic carbocycles. The minimum absolute atomic E-state index is 0.357. The number of pyridine rings is 1. The highest BCUT2D eigenvalue weighted by atomic mass is 15.0. The summed E-state index contributed by atoms with van der Waals surface area (Å²) < 4.78 is 2.08. The number of hydrogen-bond donors (Lipinski definition) is 0. The number of rotatable bonds is 4. The first-order chi connectivity index (χ1) is 23.1. The van der Waals surface area contributed by atoms with E-state index in [2.05, 4.69) is 39.9 Å². The fraction of sp³-hybridized carbons (Fsp3) is 0. The van der Waals surface area contributed by atoms with E-state index in [9.17, 15) is 26.3 Å². The minimum atomic E-state index is 0.357. The van der Waals surface area contributed by atoms with Crippen LogP contribution in [0.3, 0.4) is 0 Å². The Morgan fingerprint density at radius 1 is 0.447 bits per heavy atom. The van der Waals surface area contributed by atoms with Crippen LogP contribution in [0.4, 0.5) is 0 Å². The molecule has 0 bridgehead atoms. The van der Waals surface area contributed by atoms with E-state index in [1.807, 2.05) is 66.7 Å². The predicted octanol–water partition coefficient (Wildman–Crippen LogP) is 8.54. The molecule has 7 rings (SSSR count). The van der Waals surface area contributed by atoms with Gasteiger partial charge in [-0.05, 0) is 65.7 Å². The quantitative estimate of drug-likeness (QED) is 0.199. The van der Waals surface area contributed by atoms with E-state index in [1.165, 1.54) is 0 Å². The van der Waals surface area contributed by atoms with Crippen LogP contribution in [0, 0.1) is 56.7 Å². The van der Waals surface area contributed by atoms with Crippen molar-refractivity contribution in [2.75, 3.05) is 0 Å². The summed E-state index contributed by atoms with van der Waals surface area (Å²) in [5.41, 5.74) is 8.76. The van der Waals surface area contributed by atoms with Gasteiger partial charge in [0.2, 0.25) is 0 Å². The molecule has 0 atom stereocenters. The van der Waals surface area contributed by atoms with Gasteiger partial charge in [-0.3, -0.25) is 4.98 Å². The Kier molecular flexibility index (Phi) is 6.94. The van der Waals surface area contributed by atoms with Crippen LogP contribution in [0.2, 0.25) is 0 Å². The van der Waals surface area contributed by atoms with Crippen molar-refractivity contribution in [2.24, 2.45) is 0 Å². The molecule has 0 aliphatic heterocycles. The highest BCUT2D eigenvalue weighted by Gasteiger charge is 2.22. The Balaban J connectivity index is 1.68. The van der Waals surface area contributed by atoms with E-state index in [0.717, 1.165) is 44.1 Å². The zero-order chi connectivity index (χ0) is 32.5. The fourth-order valence-corrected chi connectivity index (χ4v) is 6.21. The van der Waals surface area contributed by atoms with Gasteiger partial charge in [-0.25, -0.2) is 0 Å². The average molecular weight is 598 g/mol. The molecule has 7 aromatic rings. The maximum Gasteiger partial charge on any atom is 0.0998 e. The number of fused-ring (bicyclic) bond motifs is 3. The Bertz CT molecular complexity index is 2500. The van der Waals surface area contributed by atoms with Gasteiger partial charge in [0, 0.05) is 51.1 Å². The van der Waals surface area contributed by atoms with Crippen LogP contribution in [0.15, 0.2) is 116 Å². The Morgan fingerprint density at radius 2 is 0.979 bits per heavy atom. The number of benzene rings is 5. The lowest BCUT2D eigenvalue weighted by Gasteiger charge is -2.16. The fourth-order valence-electron chi connectivity index (χ4n) is 6.21. The topological polar surface area (TPSA) is 137 Å². The average Bonchev–Trinajstić information content (AvgIpc) is 3.49. The van der Waals surface area contributed by atoms with Crippen molar-refractivity contribution in [1.29, 1.82) is 26.3 Å². The summed E-state index contributed by atoms with van der Waals surface area (Å²) in [6.07, 6.45) is 3.40. The van der Waals surface area contributed by atoms with Gasteiger partial charge in [-0.1, -0.05) is 48.5 Å². The lowest BCUT2D eigenvalue weighted by atomic mass is 9.95. The number of para-hydroxylation sites is 2. The van der Waals surface area contributed by atoms with Crippen LogP contribution in [0.5, 0.6) is 0 Å². The van der Waals surface area contributed by atoms with E-state index in [-0.39, 0.29) is 0 Å². The summed E-state index contributed by atoms with van der Waals surface area (Å²) in [5, 5.41) is 51.3. The van der Waals surface area contributed by atoms with E-state index in [4.69, 9.17) is 0 Å². The molecule has 2 heterocycles. The normalized spacial score (nSPS) is 10.4. The number of aromatic nitrogens is 2. The molecule has 7 heteroatoms. The third kappa shape index (κ3) is 4.70. The zero-order valence-electron chi connectivity index (χ0n) is 24.6. The van der Waals surface area contributed by atoms with Gasteiger partial charge in [-0.15, -0.1) is 0 Å². The van der Waals surface area contributed by atoms with Gasteiger partial charge >= 0.3 is 0 Å². The van der Waals surface area contributed by atoms with E-state index >= 15 is 0 Å². The molecule has 0 unspecified atom stereocenters. The summed E-state index contributed by atoms with van der Waals surface area (Å²) in [7, 11) is 0. The maximum atomic E-state index is 10.2. The van der Waals surface area contributed by atoms with E-state index < -0.39 is 0 Å². The van der Waals surface area contributed by atoms with Crippen molar-refractivity contribution in [2.45, 2.75) is 0 Å². The molecule has 0 N–H and O–H groups in total. The molecular weight excluding hydrogens is 578 g/mol. The van der Waals surface area contributed by atoms with Crippen LogP contribution >= 0.6 is 0 Å². The van der Waals surface area contributed by atoms with Crippen molar-refractivity contribution in [1.82, 2.24) is 9.55 Å². The maximum absolute atomic E-state index is 10.2. The van der Waals surface area contributed by atoms with Crippen LogP contribution < -0.4 is 0 Å². The lowest BCUT2D eigenvalue weighted by Crippen LogP contribution is -2.00. The molecule has 0 radical (unpaired) electrons. The lowest BCUT2D eigenvalue weighted by molar-refractivity contribution is 1.18. The van der Waals surface area contributed by atoms with Gasteiger partial charge in [0.1, 0.15) is 0 Å². The van der Waals surface area contributed by atoms with Crippen molar-refractivity contribution in [3.8, 4) is 69.4 Å². The molecule has 0 spiro atoms. The molecule has 7 nitrogen and oxygen atoms in total. The molecular formula is C40H19N7. The van der Waals surface area contributed by atoms with Crippen LogP contribution in [-0.2, 0) is 0 Å². The van der Waals surface area contributed by atoms with E-state index in [1.54, 1.807) is 48.8 Å². The third-order valence-electron chi connectivity index (χ3n) is 8.25. The summed E-state index contributed by atoms with van der Waals surface area (Å²) >= 11 is 0. The Labute approximate surface area is 269 Å². The number of hydrogen-bond acceptors (Lipinski definition) is 6. The smallest absolute Gasteiger partial charge is 0.0998 e. The Hall–Kier alpha value is -7.50. The van der Waals surface area contributed by atoms with Crippen molar-refractivity contribution < 1.29 is 0 Å². The van der Waals surface area contributed by atoms with Crippen molar-refractivity contribution >= 4 is 21.8 Å². The highest BCUT2D eigenvalue weighted by Crippen LogP contribution is 2.43. The summed E-state index contributed by atoms with van der Waals surface area (Å²) in [5.74, 6) is 0. The van der Waals surface area contributed by atoms with Crippen LogP contribution in [0.25, 0.3) is 60.9 Å². The van der Waals surface area contributed by atoms with Crippen LogP contribution in [0.1, 0.15) is 27.8 Å². The zero-order valence-corrected chi connectivity index (χ0v) is 24.6. The molecule has 47 heavy (non-hydrogen) atoms. The second kappa shape index (κ2) is 11.5. The SMILES string of the molecule is N#Cc1cc(-c2ccncc2)cc(-n2c3c(-c4ccc(C#N)cc4C#N)cccc3c3cccc(-c4ccc(C#N)cc4C#N)c32)c1. The molecule has 0 aliphatic rings. The third-order valence-corrected chi connectivity index (χ3v) is 8.25. The standard InChI is InChI=1S/C40H19N7/c41-20-25-7-9-33(30(15-25)23-44)35-3-1-5-37-38-6-2-4-36(34-10-8-26(21-42)16-31(34)24-45)40(38)47(39(35)37)32-18-27(22-43)17-29(19-32)28-11-13-46-14-12-28/h1-19H.